The summed E-state index contributed by atoms with van der Waals surface area (Å²) in [5, 5.41) is 8.86. The first kappa shape index (κ1) is 16.8. The number of ether oxygens (including phenoxy) is 1. The zero-order valence-electron chi connectivity index (χ0n) is 13.7. The van der Waals surface area contributed by atoms with E-state index in [1.165, 1.54) is 5.56 Å². The molecule has 0 radical (unpaired) electrons. The molecular formula is C16H28ClN3O. The highest BCUT2D eigenvalue weighted by molar-refractivity contribution is 6.30. The van der Waals surface area contributed by atoms with Gasteiger partial charge in [0.2, 0.25) is 0 Å². The molecule has 1 fully saturated rings. The smallest absolute Gasteiger partial charge is 0.130 e. The van der Waals surface area contributed by atoms with Crippen LogP contribution in [0.1, 0.15) is 37.9 Å². The summed E-state index contributed by atoms with van der Waals surface area (Å²) in [7, 11) is 1.91. The van der Waals surface area contributed by atoms with E-state index in [1.807, 2.05) is 7.05 Å². The van der Waals surface area contributed by atoms with E-state index in [0.717, 1.165) is 56.4 Å². The molecule has 1 N–H and O–H groups in total. The SMILES string of the molecule is Cc1nn(C)c(Cl)c1CC1(CNCC(C)C)CCOCC1. The van der Waals surface area contributed by atoms with Gasteiger partial charge in [0.15, 0.2) is 0 Å². The van der Waals surface area contributed by atoms with Gasteiger partial charge in [0.25, 0.3) is 0 Å². The average molecular weight is 314 g/mol. The van der Waals surface area contributed by atoms with Crippen molar-refractivity contribution in [1.82, 2.24) is 15.1 Å². The van der Waals surface area contributed by atoms with Crippen molar-refractivity contribution in [3.8, 4) is 0 Å². The maximum Gasteiger partial charge on any atom is 0.130 e. The minimum atomic E-state index is 0.241. The Morgan fingerprint density at radius 2 is 2.05 bits per heavy atom. The molecule has 1 aliphatic heterocycles. The molecule has 0 saturated carbocycles. The zero-order chi connectivity index (χ0) is 15.5. The molecule has 0 atom stereocenters. The fraction of sp³-hybridized carbons (Fsp3) is 0.812. The molecule has 2 heterocycles. The maximum absolute atomic E-state index is 6.43. The fourth-order valence-corrected chi connectivity index (χ4v) is 3.34. The second-order valence-corrected chi connectivity index (χ2v) is 7.15. The topological polar surface area (TPSA) is 39.1 Å². The van der Waals surface area contributed by atoms with E-state index in [-0.39, 0.29) is 5.41 Å². The van der Waals surface area contributed by atoms with Gasteiger partial charge in [-0.1, -0.05) is 25.4 Å². The van der Waals surface area contributed by atoms with Crippen LogP contribution in [-0.4, -0.2) is 36.1 Å². The lowest BCUT2D eigenvalue weighted by Gasteiger charge is -2.38. The number of nitrogens with one attached hydrogen (secondary N) is 1. The van der Waals surface area contributed by atoms with E-state index in [9.17, 15) is 0 Å². The second kappa shape index (κ2) is 7.12. The minimum Gasteiger partial charge on any atom is -0.381 e. The molecule has 0 aliphatic carbocycles. The van der Waals surface area contributed by atoms with E-state index in [2.05, 4.69) is 31.2 Å². The zero-order valence-corrected chi connectivity index (χ0v) is 14.5. The Labute approximate surface area is 133 Å². The predicted octanol–water partition coefficient (Wildman–Crippen LogP) is 2.97. The molecular weight excluding hydrogens is 286 g/mol. The summed E-state index contributed by atoms with van der Waals surface area (Å²) in [5.41, 5.74) is 2.49. The number of aryl methyl sites for hydroxylation is 2. The summed E-state index contributed by atoms with van der Waals surface area (Å²) in [6.07, 6.45) is 3.16. The summed E-state index contributed by atoms with van der Waals surface area (Å²) in [4.78, 5) is 0. The van der Waals surface area contributed by atoms with Crippen molar-refractivity contribution in [2.75, 3.05) is 26.3 Å². The van der Waals surface area contributed by atoms with Crippen LogP contribution in [0, 0.1) is 18.3 Å². The monoisotopic (exact) mass is 313 g/mol. The van der Waals surface area contributed by atoms with E-state index < -0.39 is 0 Å². The average Bonchev–Trinajstić information content (AvgIpc) is 2.66. The van der Waals surface area contributed by atoms with Crippen LogP contribution in [0.15, 0.2) is 0 Å². The number of hydrogen-bond donors (Lipinski definition) is 1. The molecule has 0 spiro atoms. The molecule has 0 unspecified atom stereocenters. The number of aromatic nitrogens is 2. The van der Waals surface area contributed by atoms with Gasteiger partial charge in [-0.25, -0.2) is 0 Å². The lowest BCUT2D eigenvalue weighted by molar-refractivity contribution is 0.0146. The molecule has 0 amide bonds. The van der Waals surface area contributed by atoms with Crippen molar-refractivity contribution in [3.05, 3.63) is 16.4 Å². The van der Waals surface area contributed by atoms with E-state index in [0.29, 0.717) is 5.92 Å². The second-order valence-electron chi connectivity index (χ2n) is 6.79. The van der Waals surface area contributed by atoms with E-state index in [1.54, 1.807) is 4.68 Å². The minimum absolute atomic E-state index is 0.241. The van der Waals surface area contributed by atoms with Gasteiger partial charge < -0.3 is 10.1 Å². The number of halogens is 1. The molecule has 2 rings (SSSR count). The molecule has 1 aromatic heterocycles. The van der Waals surface area contributed by atoms with Gasteiger partial charge in [0, 0.05) is 32.4 Å². The molecule has 5 heteroatoms. The van der Waals surface area contributed by atoms with Gasteiger partial charge in [0.05, 0.1) is 5.69 Å². The van der Waals surface area contributed by atoms with Crippen LogP contribution < -0.4 is 5.32 Å². The molecule has 4 nitrogen and oxygen atoms in total. The quantitative estimate of drug-likeness (QED) is 0.877. The van der Waals surface area contributed by atoms with E-state index in [4.69, 9.17) is 16.3 Å². The van der Waals surface area contributed by atoms with Gasteiger partial charge in [-0.2, -0.15) is 5.10 Å². The van der Waals surface area contributed by atoms with Gasteiger partial charge in [-0.15, -0.1) is 0 Å². The highest BCUT2D eigenvalue weighted by atomic mass is 35.5. The molecule has 1 saturated heterocycles. The largest absolute Gasteiger partial charge is 0.381 e. The van der Waals surface area contributed by atoms with Crippen LogP contribution in [0.5, 0.6) is 0 Å². The normalized spacial score (nSPS) is 18.4. The van der Waals surface area contributed by atoms with Gasteiger partial charge in [0.1, 0.15) is 5.15 Å². The molecule has 120 valence electrons. The number of rotatable bonds is 6. The number of hydrogen-bond acceptors (Lipinski definition) is 3. The first-order valence-electron chi connectivity index (χ1n) is 7.90. The summed E-state index contributed by atoms with van der Waals surface area (Å²) in [6, 6.07) is 0. The van der Waals surface area contributed by atoms with Gasteiger partial charge in [-0.05, 0) is 44.1 Å². The third kappa shape index (κ3) is 4.21. The van der Waals surface area contributed by atoms with Gasteiger partial charge in [-0.3, -0.25) is 4.68 Å². The standard InChI is InChI=1S/C16H28ClN3O/c1-12(2)10-18-11-16(5-7-21-8-6-16)9-14-13(3)19-20(4)15(14)17/h12,18H,5-11H2,1-4H3. The van der Waals surface area contributed by atoms with Crippen molar-refractivity contribution < 1.29 is 4.74 Å². The summed E-state index contributed by atoms with van der Waals surface area (Å²) < 4.78 is 7.35. The first-order valence-corrected chi connectivity index (χ1v) is 8.28. The first-order chi connectivity index (χ1) is 9.93. The van der Waals surface area contributed by atoms with Crippen LogP contribution in [0.4, 0.5) is 0 Å². The third-order valence-corrected chi connectivity index (χ3v) is 4.90. The Balaban J connectivity index is 2.12. The third-order valence-electron chi connectivity index (χ3n) is 4.43. The lowest BCUT2D eigenvalue weighted by atomic mass is 9.75. The van der Waals surface area contributed by atoms with Gasteiger partial charge >= 0.3 is 0 Å². The van der Waals surface area contributed by atoms with Crippen molar-refractivity contribution in [3.63, 3.8) is 0 Å². The predicted molar refractivity (Wildman–Crippen MR) is 86.9 cm³/mol. The molecule has 21 heavy (non-hydrogen) atoms. The Bertz CT molecular complexity index is 464. The molecule has 0 bridgehead atoms. The fourth-order valence-electron chi connectivity index (χ4n) is 3.10. The Hall–Kier alpha value is -0.580. The Morgan fingerprint density at radius 3 is 2.57 bits per heavy atom. The summed E-state index contributed by atoms with van der Waals surface area (Å²) >= 11 is 6.43. The van der Waals surface area contributed by atoms with Crippen LogP contribution in [0.25, 0.3) is 0 Å². The maximum atomic E-state index is 6.43. The lowest BCUT2D eigenvalue weighted by Crippen LogP contribution is -2.42. The Kier molecular flexibility index (Phi) is 5.69. The Morgan fingerprint density at radius 1 is 1.38 bits per heavy atom. The van der Waals surface area contributed by atoms with Crippen molar-refractivity contribution >= 4 is 11.6 Å². The molecule has 0 aromatic carbocycles. The highest BCUT2D eigenvalue weighted by Gasteiger charge is 2.34. The van der Waals surface area contributed by atoms with Crippen LogP contribution in [0.3, 0.4) is 0 Å². The summed E-state index contributed by atoms with van der Waals surface area (Å²) in [5.74, 6) is 0.672. The van der Waals surface area contributed by atoms with Crippen LogP contribution in [0.2, 0.25) is 5.15 Å². The van der Waals surface area contributed by atoms with Crippen molar-refractivity contribution in [2.24, 2.45) is 18.4 Å². The van der Waals surface area contributed by atoms with E-state index >= 15 is 0 Å². The van der Waals surface area contributed by atoms with Crippen LogP contribution in [-0.2, 0) is 18.2 Å². The van der Waals surface area contributed by atoms with Crippen molar-refractivity contribution in [1.29, 1.82) is 0 Å². The van der Waals surface area contributed by atoms with Crippen molar-refractivity contribution in [2.45, 2.75) is 40.0 Å². The highest BCUT2D eigenvalue weighted by Crippen LogP contribution is 2.36. The molecule has 1 aliphatic rings. The van der Waals surface area contributed by atoms with Crippen LogP contribution >= 0.6 is 11.6 Å². The summed E-state index contributed by atoms with van der Waals surface area (Å²) in [6.45, 7) is 10.3. The molecule has 1 aromatic rings. The number of nitrogens with zero attached hydrogens (tertiary/aromatic N) is 2.